The van der Waals surface area contributed by atoms with Crippen molar-refractivity contribution in [3.8, 4) is 0 Å². The number of anilines is 2. The lowest BCUT2D eigenvalue weighted by molar-refractivity contribution is 0.453. The van der Waals surface area contributed by atoms with Gasteiger partial charge in [-0.1, -0.05) is 0 Å². The van der Waals surface area contributed by atoms with E-state index in [0.29, 0.717) is 5.92 Å². The fraction of sp³-hybridized carbons (Fsp3) is 0.500. The molecule has 1 aliphatic rings. The highest BCUT2D eigenvalue weighted by atomic mass is 32.1. The summed E-state index contributed by atoms with van der Waals surface area (Å²) in [6.07, 6.45) is 2.40. The molecule has 0 saturated carbocycles. The van der Waals surface area contributed by atoms with Crippen molar-refractivity contribution < 1.29 is 0 Å². The lowest BCUT2D eigenvalue weighted by Crippen LogP contribution is -2.29. The van der Waals surface area contributed by atoms with E-state index in [9.17, 15) is 0 Å². The maximum atomic E-state index is 4.60. The summed E-state index contributed by atoms with van der Waals surface area (Å²) in [5, 5.41) is 9.63. The van der Waals surface area contributed by atoms with E-state index in [-0.39, 0.29) is 0 Å². The van der Waals surface area contributed by atoms with E-state index >= 15 is 0 Å². The van der Waals surface area contributed by atoms with Crippen LogP contribution in [0.2, 0.25) is 0 Å². The highest BCUT2D eigenvalue weighted by Crippen LogP contribution is 2.25. The summed E-state index contributed by atoms with van der Waals surface area (Å²) in [7, 11) is 0. The number of rotatable bonds is 3. The first-order chi connectivity index (χ1) is 9.70. The number of piperidine rings is 1. The zero-order chi connectivity index (χ0) is 13.9. The summed E-state index contributed by atoms with van der Waals surface area (Å²) in [4.78, 5) is 13.5. The summed E-state index contributed by atoms with van der Waals surface area (Å²) in [5.41, 5.74) is 2.15. The van der Waals surface area contributed by atoms with Crippen LogP contribution >= 0.6 is 11.3 Å². The molecule has 0 unspecified atom stereocenters. The third-order valence-corrected chi connectivity index (χ3v) is 4.30. The zero-order valence-corrected chi connectivity index (χ0v) is 12.6. The Labute approximate surface area is 122 Å². The first-order valence-corrected chi connectivity index (χ1v) is 7.84. The van der Waals surface area contributed by atoms with E-state index in [2.05, 4.69) is 31.7 Å². The summed E-state index contributed by atoms with van der Waals surface area (Å²) in [5.74, 6) is 2.14. The molecular formula is C14H19N5S. The summed E-state index contributed by atoms with van der Waals surface area (Å²) in [6.45, 7) is 6.06. The lowest BCUT2D eigenvalue weighted by Gasteiger charge is -2.22. The van der Waals surface area contributed by atoms with Gasteiger partial charge in [-0.05, 0) is 33.2 Å². The van der Waals surface area contributed by atoms with E-state index in [0.717, 1.165) is 41.3 Å². The van der Waals surface area contributed by atoms with Crippen molar-refractivity contribution in [3.05, 3.63) is 28.7 Å². The molecule has 2 aromatic rings. The first kappa shape index (κ1) is 13.5. The van der Waals surface area contributed by atoms with Gasteiger partial charge in [0.15, 0.2) is 5.13 Å². The Morgan fingerprint density at radius 1 is 1.30 bits per heavy atom. The number of aryl methyl sites for hydroxylation is 2. The summed E-state index contributed by atoms with van der Waals surface area (Å²) < 4.78 is 0. The van der Waals surface area contributed by atoms with Gasteiger partial charge < -0.3 is 10.6 Å². The van der Waals surface area contributed by atoms with Crippen LogP contribution in [0.1, 0.15) is 36.0 Å². The molecule has 3 heterocycles. The largest absolute Gasteiger partial charge is 0.316 e. The van der Waals surface area contributed by atoms with Crippen molar-refractivity contribution in [1.29, 1.82) is 0 Å². The SMILES string of the molecule is Cc1csc(Nc2cc([C@H]3CCCNC3)nc(C)n2)n1. The minimum atomic E-state index is 0.490. The monoisotopic (exact) mass is 289 g/mol. The minimum absolute atomic E-state index is 0.490. The summed E-state index contributed by atoms with van der Waals surface area (Å²) in [6, 6.07) is 2.06. The van der Waals surface area contributed by atoms with Crippen LogP contribution in [0.25, 0.3) is 0 Å². The first-order valence-electron chi connectivity index (χ1n) is 6.96. The maximum absolute atomic E-state index is 4.60. The van der Waals surface area contributed by atoms with Crippen molar-refractivity contribution in [2.24, 2.45) is 0 Å². The molecule has 6 heteroatoms. The number of thiazole rings is 1. The van der Waals surface area contributed by atoms with E-state index < -0.39 is 0 Å². The normalized spacial score (nSPS) is 19.0. The molecule has 1 saturated heterocycles. The molecule has 0 amide bonds. The number of hydrogen-bond acceptors (Lipinski definition) is 6. The van der Waals surface area contributed by atoms with Crippen molar-refractivity contribution >= 4 is 22.3 Å². The van der Waals surface area contributed by atoms with Gasteiger partial charge in [0.25, 0.3) is 0 Å². The molecule has 1 aliphatic heterocycles. The number of nitrogens with one attached hydrogen (secondary N) is 2. The number of nitrogens with zero attached hydrogens (tertiary/aromatic N) is 3. The molecule has 106 valence electrons. The van der Waals surface area contributed by atoms with Crippen molar-refractivity contribution in [2.75, 3.05) is 18.4 Å². The molecular weight excluding hydrogens is 270 g/mol. The molecule has 0 radical (unpaired) electrons. The predicted octanol–water partition coefficient (Wildman–Crippen LogP) is 2.76. The van der Waals surface area contributed by atoms with Gasteiger partial charge in [0.2, 0.25) is 0 Å². The highest BCUT2D eigenvalue weighted by molar-refractivity contribution is 7.13. The molecule has 0 bridgehead atoms. The third kappa shape index (κ3) is 3.13. The van der Waals surface area contributed by atoms with Crippen LogP contribution in [-0.2, 0) is 0 Å². The van der Waals surface area contributed by atoms with Gasteiger partial charge in [0.1, 0.15) is 11.6 Å². The smallest absolute Gasteiger partial charge is 0.188 e. The van der Waals surface area contributed by atoms with Crippen molar-refractivity contribution in [2.45, 2.75) is 32.6 Å². The number of aromatic nitrogens is 3. The fourth-order valence-corrected chi connectivity index (χ4v) is 3.18. The number of hydrogen-bond donors (Lipinski definition) is 2. The van der Waals surface area contributed by atoms with Gasteiger partial charge in [-0.3, -0.25) is 0 Å². The van der Waals surface area contributed by atoms with Crippen molar-refractivity contribution in [3.63, 3.8) is 0 Å². The predicted molar refractivity (Wildman–Crippen MR) is 81.7 cm³/mol. The Bertz CT molecular complexity index is 589. The van der Waals surface area contributed by atoms with Crippen molar-refractivity contribution in [1.82, 2.24) is 20.3 Å². The van der Waals surface area contributed by atoms with Gasteiger partial charge in [-0.15, -0.1) is 11.3 Å². The molecule has 5 nitrogen and oxygen atoms in total. The van der Waals surface area contributed by atoms with E-state index in [4.69, 9.17) is 0 Å². The lowest BCUT2D eigenvalue weighted by atomic mass is 9.96. The Morgan fingerprint density at radius 2 is 2.20 bits per heavy atom. The van der Waals surface area contributed by atoms with Gasteiger partial charge >= 0.3 is 0 Å². The van der Waals surface area contributed by atoms with Crippen LogP contribution in [0.5, 0.6) is 0 Å². The Morgan fingerprint density at radius 3 is 2.90 bits per heavy atom. The molecule has 0 aromatic carbocycles. The quantitative estimate of drug-likeness (QED) is 0.909. The van der Waals surface area contributed by atoms with E-state index in [1.807, 2.05) is 19.2 Å². The standard InChI is InChI=1S/C14H19N5S/c1-9-8-20-14(16-9)19-13-6-12(17-10(2)18-13)11-4-3-5-15-7-11/h6,8,11,15H,3-5,7H2,1-2H3,(H,16,17,18,19)/t11-/m0/s1. The molecule has 0 aliphatic carbocycles. The Hall–Kier alpha value is -1.53. The average Bonchev–Trinajstić information content (AvgIpc) is 2.84. The van der Waals surface area contributed by atoms with Crippen LogP contribution in [0.3, 0.4) is 0 Å². The van der Waals surface area contributed by atoms with Gasteiger partial charge in [-0.2, -0.15) is 0 Å². The molecule has 0 spiro atoms. The van der Waals surface area contributed by atoms with Gasteiger partial charge in [0, 0.05) is 23.9 Å². The van der Waals surface area contributed by atoms with E-state index in [1.165, 1.54) is 12.8 Å². The average molecular weight is 289 g/mol. The van der Waals surface area contributed by atoms with Crippen LogP contribution in [0.4, 0.5) is 10.9 Å². The second kappa shape index (κ2) is 5.85. The third-order valence-electron chi connectivity index (χ3n) is 3.43. The topological polar surface area (TPSA) is 62.7 Å². The summed E-state index contributed by atoms with van der Waals surface area (Å²) >= 11 is 1.60. The molecule has 20 heavy (non-hydrogen) atoms. The van der Waals surface area contributed by atoms with Crippen LogP contribution in [0, 0.1) is 13.8 Å². The van der Waals surface area contributed by atoms with E-state index in [1.54, 1.807) is 11.3 Å². The molecule has 3 rings (SSSR count). The van der Waals surface area contributed by atoms with Crippen LogP contribution in [0.15, 0.2) is 11.4 Å². The molecule has 2 aromatic heterocycles. The zero-order valence-electron chi connectivity index (χ0n) is 11.8. The highest BCUT2D eigenvalue weighted by Gasteiger charge is 2.18. The minimum Gasteiger partial charge on any atom is -0.316 e. The van der Waals surface area contributed by atoms with Gasteiger partial charge in [-0.25, -0.2) is 15.0 Å². The van der Waals surface area contributed by atoms with Crippen LogP contribution in [-0.4, -0.2) is 28.0 Å². The fourth-order valence-electron chi connectivity index (χ4n) is 2.49. The second-order valence-corrected chi connectivity index (χ2v) is 6.05. The van der Waals surface area contributed by atoms with Crippen LogP contribution < -0.4 is 10.6 Å². The Kier molecular flexibility index (Phi) is 3.93. The Balaban J connectivity index is 1.82. The molecule has 1 atom stereocenters. The van der Waals surface area contributed by atoms with Gasteiger partial charge in [0.05, 0.1) is 11.4 Å². The maximum Gasteiger partial charge on any atom is 0.188 e. The molecule has 1 fully saturated rings. The second-order valence-electron chi connectivity index (χ2n) is 5.19. The molecule has 2 N–H and O–H groups in total.